The minimum atomic E-state index is -0.737. The molecule has 6 nitrogen and oxygen atoms in total. The molecule has 0 aliphatic heterocycles. The minimum absolute atomic E-state index is 0.107. The van der Waals surface area contributed by atoms with Crippen LogP contribution in [0.15, 0.2) is 0 Å². The predicted octanol–water partition coefficient (Wildman–Crippen LogP) is -1.65. The quantitative estimate of drug-likeness (QED) is 0.275. The third kappa shape index (κ3) is 4.90. The van der Waals surface area contributed by atoms with E-state index < -0.39 is 11.6 Å². The first kappa shape index (κ1) is 12.1. The first-order valence-corrected chi connectivity index (χ1v) is 3.69. The van der Waals surface area contributed by atoms with Gasteiger partial charge in [-0.3, -0.25) is 24.1 Å². The largest absolute Gasteiger partial charge is 0.295 e. The van der Waals surface area contributed by atoms with E-state index in [0.29, 0.717) is 0 Å². The zero-order chi connectivity index (χ0) is 11.0. The number of hydrogen-bond acceptors (Lipinski definition) is 6. The van der Waals surface area contributed by atoms with Crippen LogP contribution < -0.4 is 0 Å². The Balaban J connectivity index is 4.22. The van der Waals surface area contributed by atoms with Crippen LogP contribution >= 0.6 is 0 Å². The number of carbonyl (C=O) groups excluding carboxylic acids is 4. The first-order valence-electron chi connectivity index (χ1n) is 3.69. The minimum Gasteiger partial charge on any atom is -0.295 e. The van der Waals surface area contributed by atoms with Crippen LogP contribution in [0.1, 0.15) is 0 Å². The van der Waals surface area contributed by atoms with Crippen molar-refractivity contribution in [2.24, 2.45) is 0 Å². The van der Waals surface area contributed by atoms with E-state index in [1.54, 1.807) is 6.07 Å². The Morgan fingerprint density at radius 3 is 1.86 bits per heavy atom. The predicted molar refractivity (Wildman–Crippen MR) is 44.2 cm³/mol. The zero-order valence-electron chi connectivity index (χ0n) is 7.30. The van der Waals surface area contributed by atoms with Gasteiger partial charge in [0, 0.05) is 0 Å². The summed E-state index contributed by atoms with van der Waals surface area (Å²) in [7, 11) is 0. The van der Waals surface area contributed by atoms with Gasteiger partial charge in [0.1, 0.15) is 0 Å². The highest BCUT2D eigenvalue weighted by Gasteiger charge is 2.12. The summed E-state index contributed by atoms with van der Waals surface area (Å²) in [5.41, 5.74) is 0. The molecule has 6 heteroatoms. The van der Waals surface area contributed by atoms with Gasteiger partial charge in [0.15, 0.2) is 12.6 Å². The van der Waals surface area contributed by atoms with Gasteiger partial charge in [-0.15, -0.1) is 0 Å². The van der Waals surface area contributed by atoms with Crippen molar-refractivity contribution in [2.75, 3.05) is 19.6 Å². The number of nitrogens with zero attached hydrogens (tertiary/aromatic N) is 2. The van der Waals surface area contributed by atoms with E-state index in [2.05, 4.69) is 0 Å². The number of carbonyl (C=O) groups is 4. The molecule has 0 aliphatic carbocycles. The van der Waals surface area contributed by atoms with Crippen LogP contribution in [-0.4, -0.2) is 48.7 Å². The molecule has 74 valence electrons. The molecule has 0 N–H and O–H groups in total. The lowest BCUT2D eigenvalue weighted by Gasteiger charge is -2.13. The van der Waals surface area contributed by atoms with Crippen molar-refractivity contribution in [3.63, 3.8) is 0 Å². The average Bonchev–Trinajstić information content (AvgIpc) is 2.17. The van der Waals surface area contributed by atoms with E-state index in [9.17, 15) is 19.2 Å². The van der Waals surface area contributed by atoms with E-state index in [4.69, 9.17) is 5.26 Å². The van der Waals surface area contributed by atoms with Crippen molar-refractivity contribution in [2.45, 2.75) is 0 Å². The van der Waals surface area contributed by atoms with Gasteiger partial charge in [-0.25, -0.2) is 0 Å². The lowest BCUT2D eigenvalue weighted by Crippen LogP contribution is -2.35. The average molecular weight is 196 g/mol. The molecular weight excluding hydrogens is 188 g/mol. The number of aldehydes is 2. The Morgan fingerprint density at radius 2 is 1.57 bits per heavy atom. The Morgan fingerprint density at radius 1 is 1.14 bits per heavy atom. The van der Waals surface area contributed by atoms with Gasteiger partial charge in [-0.1, -0.05) is 0 Å². The second-order valence-corrected chi connectivity index (χ2v) is 2.47. The number of Topliss-reactive ketones (excluding diaryl/α,β-unsaturated/α-hetero) is 2. The summed E-state index contributed by atoms with van der Waals surface area (Å²) in [6.07, 6.45) is 0.214. The van der Waals surface area contributed by atoms with E-state index in [-0.39, 0.29) is 32.2 Å². The standard InChI is InChI=1S/C8H8N2O4/c9-1-2-10(3-7(13)5-11)4-8(14)6-12/h5-6H,2-4H2. The highest BCUT2D eigenvalue weighted by Crippen LogP contribution is 1.87. The maximum absolute atomic E-state index is 10.6. The van der Waals surface area contributed by atoms with Crippen molar-refractivity contribution in [3.8, 4) is 6.07 Å². The van der Waals surface area contributed by atoms with Gasteiger partial charge < -0.3 is 0 Å². The van der Waals surface area contributed by atoms with Crippen molar-refractivity contribution < 1.29 is 19.2 Å². The molecule has 0 atom stereocenters. The third-order valence-corrected chi connectivity index (χ3v) is 1.32. The molecule has 0 radical (unpaired) electrons. The van der Waals surface area contributed by atoms with Crippen LogP contribution in [0.5, 0.6) is 0 Å². The molecular formula is C8H8N2O4. The van der Waals surface area contributed by atoms with Crippen LogP contribution in [0, 0.1) is 11.3 Å². The van der Waals surface area contributed by atoms with Crippen LogP contribution in [0.2, 0.25) is 0 Å². The Labute approximate surface area is 80.1 Å². The smallest absolute Gasteiger partial charge is 0.209 e. The molecule has 0 aromatic rings. The summed E-state index contributed by atoms with van der Waals surface area (Å²) in [5, 5.41) is 8.32. The number of hydrogen-bond donors (Lipinski definition) is 0. The zero-order valence-corrected chi connectivity index (χ0v) is 7.30. The van der Waals surface area contributed by atoms with Gasteiger partial charge >= 0.3 is 0 Å². The topological polar surface area (TPSA) is 95.3 Å². The molecule has 0 saturated heterocycles. The molecule has 0 spiro atoms. The maximum Gasteiger partial charge on any atom is 0.209 e. The molecule has 0 heterocycles. The summed E-state index contributed by atoms with van der Waals surface area (Å²) in [4.78, 5) is 42.4. The SMILES string of the molecule is N#CCN(CC(=O)C=O)CC(=O)C=O. The summed E-state index contributed by atoms with van der Waals surface area (Å²) in [6, 6.07) is 1.72. The van der Waals surface area contributed by atoms with E-state index in [1.165, 1.54) is 0 Å². The normalized spacial score (nSPS) is 9.14. The van der Waals surface area contributed by atoms with Gasteiger partial charge in [0.2, 0.25) is 11.6 Å². The fourth-order valence-corrected chi connectivity index (χ4v) is 0.783. The molecule has 0 amide bonds. The lowest BCUT2D eigenvalue weighted by molar-refractivity contribution is -0.133. The van der Waals surface area contributed by atoms with Gasteiger partial charge in [-0.05, 0) is 0 Å². The van der Waals surface area contributed by atoms with Crippen LogP contribution in [-0.2, 0) is 19.2 Å². The van der Waals surface area contributed by atoms with E-state index >= 15 is 0 Å². The summed E-state index contributed by atoms with van der Waals surface area (Å²) >= 11 is 0. The van der Waals surface area contributed by atoms with Crippen LogP contribution in [0.25, 0.3) is 0 Å². The van der Waals surface area contributed by atoms with Crippen molar-refractivity contribution in [3.05, 3.63) is 0 Å². The Hall–Kier alpha value is -1.87. The summed E-state index contributed by atoms with van der Waals surface area (Å²) in [6.45, 7) is -0.827. The molecule has 14 heavy (non-hydrogen) atoms. The molecule has 0 aromatic carbocycles. The summed E-state index contributed by atoms with van der Waals surface area (Å²) < 4.78 is 0. The molecule has 0 rings (SSSR count). The molecule has 0 unspecified atom stereocenters. The van der Waals surface area contributed by atoms with Crippen molar-refractivity contribution >= 4 is 24.1 Å². The fraction of sp³-hybridized carbons (Fsp3) is 0.375. The monoisotopic (exact) mass is 196 g/mol. The van der Waals surface area contributed by atoms with Gasteiger partial charge in [-0.2, -0.15) is 5.26 Å². The number of nitriles is 1. The Bertz CT molecular complexity index is 270. The second kappa shape index (κ2) is 6.62. The second-order valence-electron chi connectivity index (χ2n) is 2.47. The van der Waals surface area contributed by atoms with Gasteiger partial charge in [0.05, 0.1) is 25.7 Å². The van der Waals surface area contributed by atoms with Crippen molar-refractivity contribution in [1.29, 1.82) is 5.26 Å². The molecule has 0 saturated carbocycles. The first-order chi connectivity index (χ1) is 6.63. The number of rotatable bonds is 7. The highest BCUT2D eigenvalue weighted by atomic mass is 16.2. The molecule has 0 bridgehead atoms. The molecule has 0 fully saturated rings. The van der Waals surface area contributed by atoms with E-state index in [1.807, 2.05) is 0 Å². The highest BCUT2D eigenvalue weighted by molar-refractivity contribution is 6.27. The maximum atomic E-state index is 10.6. The molecule has 0 aromatic heterocycles. The third-order valence-electron chi connectivity index (χ3n) is 1.32. The Kier molecular flexibility index (Phi) is 5.74. The fourth-order valence-electron chi connectivity index (χ4n) is 0.783. The van der Waals surface area contributed by atoms with E-state index in [0.717, 1.165) is 4.90 Å². The van der Waals surface area contributed by atoms with Gasteiger partial charge in [0.25, 0.3) is 0 Å². The molecule has 0 aliphatic rings. The summed E-state index contributed by atoms with van der Waals surface area (Å²) in [5.74, 6) is -1.47. The number of ketones is 2. The van der Waals surface area contributed by atoms with Crippen molar-refractivity contribution in [1.82, 2.24) is 4.90 Å². The lowest BCUT2D eigenvalue weighted by atomic mass is 10.3. The van der Waals surface area contributed by atoms with Crippen LogP contribution in [0.3, 0.4) is 0 Å². The van der Waals surface area contributed by atoms with Crippen LogP contribution in [0.4, 0.5) is 0 Å².